The van der Waals surface area contributed by atoms with E-state index in [2.05, 4.69) is 20.8 Å². The van der Waals surface area contributed by atoms with Gasteiger partial charge in [-0.1, -0.05) is 43.2 Å². The Labute approximate surface area is 214 Å². The van der Waals surface area contributed by atoms with Gasteiger partial charge in [0, 0.05) is 32.3 Å². The van der Waals surface area contributed by atoms with E-state index in [1.165, 1.54) is 6.42 Å². The Kier molecular flexibility index (Phi) is 7.23. The minimum absolute atomic E-state index is 0.0642. The van der Waals surface area contributed by atoms with Gasteiger partial charge >= 0.3 is 0 Å². The molecule has 0 atom stereocenters. The summed E-state index contributed by atoms with van der Waals surface area (Å²) in [4.78, 5) is 27.3. The van der Waals surface area contributed by atoms with Crippen LogP contribution in [-0.4, -0.2) is 29.1 Å². The number of nitrogens with one attached hydrogen (secondary N) is 3. The van der Waals surface area contributed by atoms with Gasteiger partial charge in [0.25, 0.3) is 5.91 Å². The van der Waals surface area contributed by atoms with Crippen LogP contribution in [-0.2, 0) is 4.79 Å². The van der Waals surface area contributed by atoms with Crippen molar-refractivity contribution in [3.05, 3.63) is 72.3 Å². The highest BCUT2D eigenvalue weighted by atomic mass is 32.2. The molecule has 0 radical (unpaired) electrons. The van der Waals surface area contributed by atoms with Gasteiger partial charge in [-0.2, -0.15) is 5.10 Å². The van der Waals surface area contributed by atoms with Gasteiger partial charge in [0.1, 0.15) is 5.75 Å². The third-order valence-electron chi connectivity index (χ3n) is 6.41. The Morgan fingerprint density at radius 2 is 1.75 bits per heavy atom. The zero-order chi connectivity index (χ0) is 24.9. The van der Waals surface area contributed by atoms with Crippen LogP contribution >= 0.6 is 11.8 Å². The zero-order valence-electron chi connectivity index (χ0n) is 20.0. The molecule has 4 aromatic rings. The molecule has 2 amide bonds. The first-order chi connectivity index (χ1) is 17.6. The van der Waals surface area contributed by atoms with Crippen LogP contribution in [0.15, 0.2) is 76.5 Å². The summed E-state index contributed by atoms with van der Waals surface area (Å²) in [6, 6.07) is 20.8. The van der Waals surface area contributed by atoms with Crippen LogP contribution < -0.4 is 15.4 Å². The lowest BCUT2D eigenvalue weighted by Gasteiger charge is -2.20. The fourth-order valence-electron chi connectivity index (χ4n) is 4.48. The Morgan fingerprint density at radius 1 is 0.944 bits per heavy atom. The molecule has 3 N–H and O–H groups in total. The van der Waals surface area contributed by atoms with E-state index in [0.29, 0.717) is 22.8 Å². The lowest BCUT2D eigenvalue weighted by molar-refractivity contribution is -0.120. The van der Waals surface area contributed by atoms with Crippen molar-refractivity contribution < 1.29 is 14.3 Å². The molecule has 8 heteroatoms. The number of amides is 2. The molecule has 0 spiro atoms. The molecule has 0 unspecified atom stereocenters. The second-order valence-electron chi connectivity index (χ2n) is 8.92. The first-order valence-corrected chi connectivity index (χ1v) is 12.9. The summed E-state index contributed by atoms with van der Waals surface area (Å²) >= 11 is 1.59. The van der Waals surface area contributed by atoms with Gasteiger partial charge in [-0.3, -0.25) is 14.7 Å². The number of carbonyl (C=O) groups excluding carboxylic acids is 2. The monoisotopic (exact) mass is 500 g/mol. The maximum atomic E-state index is 12.7. The summed E-state index contributed by atoms with van der Waals surface area (Å²) in [5, 5.41) is 14.2. The SMILES string of the molecule is COc1cccc(C(=O)Nc2cccc(Sc3ccc4c(NC(=O)C5CCCCC5)n[nH]c4c3)c2)c1. The van der Waals surface area contributed by atoms with Crippen LogP contribution in [0.3, 0.4) is 0 Å². The van der Waals surface area contributed by atoms with Gasteiger partial charge in [0.15, 0.2) is 5.82 Å². The number of nitrogens with zero attached hydrogens (tertiary/aromatic N) is 1. The molecule has 3 aromatic carbocycles. The molecule has 1 aliphatic rings. The van der Waals surface area contributed by atoms with Crippen molar-refractivity contribution in [2.45, 2.75) is 41.9 Å². The van der Waals surface area contributed by atoms with Crippen LogP contribution in [0.5, 0.6) is 5.75 Å². The predicted octanol–water partition coefficient (Wildman–Crippen LogP) is 6.49. The van der Waals surface area contributed by atoms with Gasteiger partial charge in [-0.15, -0.1) is 0 Å². The maximum Gasteiger partial charge on any atom is 0.255 e. The number of H-pyrrole nitrogens is 1. The number of methoxy groups -OCH3 is 1. The largest absolute Gasteiger partial charge is 0.497 e. The van der Waals surface area contributed by atoms with E-state index in [0.717, 1.165) is 46.4 Å². The summed E-state index contributed by atoms with van der Waals surface area (Å²) in [7, 11) is 1.58. The van der Waals surface area contributed by atoms with Gasteiger partial charge in [0.2, 0.25) is 5.91 Å². The maximum absolute atomic E-state index is 12.7. The number of anilines is 2. The molecule has 1 aromatic heterocycles. The molecule has 1 aliphatic carbocycles. The van der Waals surface area contributed by atoms with Crippen molar-refractivity contribution in [2.24, 2.45) is 5.92 Å². The molecule has 36 heavy (non-hydrogen) atoms. The normalized spacial score (nSPS) is 13.9. The van der Waals surface area contributed by atoms with E-state index in [9.17, 15) is 9.59 Å². The van der Waals surface area contributed by atoms with Crippen LogP contribution in [0.1, 0.15) is 42.5 Å². The smallest absolute Gasteiger partial charge is 0.255 e. The van der Waals surface area contributed by atoms with Crippen LogP contribution in [0.4, 0.5) is 11.5 Å². The van der Waals surface area contributed by atoms with Crippen LogP contribution in [0, 0.1) is 5.92 Å². The first kappa shape index (κ1) is 23.9. The van der Waals surface area contributed by atoms with Crippen molar-refractivity contribution in [1.29, 1.82) is 0 Å². The number of carbonyl (C=O) groups is 2. The molecule has 1 heterocycles. The van der Waals surface area contributed by atoms with Crippen molar-refractivity contribution in [2.75, 3.05) is 17.7 Å². The van der Waals surface area contributed by atoms with Crippen molar-refractivity contribution in [3.63, 3.8) is 0 Å². The highest BCUT2D eigenvalue weighted by Gasteiger charge is 2.22. The van der Waals surface area contributed by atoms with Gasteiger partial charge < -0.3 is 15.4 Å². The fourth-order valence-corrected chi connectivity index (χ4v) is 5.40. The number of hydrogen-bond donors (Lipinski definition) is 3. The topological polar surface area (TPSA) is 96.1 Å². The Balaban J connectivity index is 1.26. The van der Waals surface area contributed by atoms with Crippen molar-refractivity contribution >= 4 is 46.0 Å². The van der Waals surface area contributed by atoms with Crippen molar-refractivity contribution in [1.82, 2.24) is 10.2 Å². The minimum Gasteiger partial charge on any atom is -0.497 e. The third kappa shape index (κ3) is 5.54. The molecule has 0 bridgehead atoms. The highest BCUT2D eigenvalue weighted by molar-refractivity contribution is 7.99. The summed E-state index contributed by atoms with van der Waals surface area (Å²) < 4.78 is 5.21. The molecule has 5 rings (SSSR count). The lowest BCUT2D eigenvalue weighted by Crippen LogP contribution is -2.24. The number of aromatic amines is 1. The van der Waals surface area contributed by atoms with E-state index >= 15 is 0 Å². The molecule has 1 fully saturated rings. The third-order valence-corrected chi connectivity index (χ3v) is 7.39. The second-order valence-corrected chi connectivity index (χ2v) is 10.1. The Hall–Kier alpha value is -3.78. The number of fused-ring (bicyclic) bond motifs is 1. The summed E-state index contributed by atoms with van der Waals surface area (Å²) in [5.41, 5.74) is 2.10. The molecule has 0 saturated heterocycles. The second kappa shape index (κ2) is 10.9. The predicted molar refractivity (Wildman–Crippen MR) is 143 cm³/mol. The summed E-state index contributed by atoms with van der Waals surface area (Å²) in [5.74, 6) is 1.17. The standard InChI is InChI=1S/C28H28N4O3S/c1-35-21-11-5-9-19(15-21)28(34)29-20-10-6-12-22(16-20)36-23-13-14-24-25(17-23)31-32-26(24)30-27(33)18-7-3-2-4-8-18/h5-6,9-18H,2-4,7-8H2,1H3,(H,29,34)(H2,30,31,32,33). The first-order valence-electron chi connectivity index (χ1n) is 12.1. The fraction of sp³-hybridized carbons (Fsp3) is 0.250. The van der Waals surface area contributed by atoms with Gasteiger partial charge in [-0.25, -0.2) is 0 Å². The zero-order valence-corrected chi connectivity index (χ0v) is 20.9. The number of benzene rings is 3. The number of ether oxygens (including phenoxy) is 1. The molecular weight excluding hydrogens is 472 g/mol. The van der Waals surface area contributed by atoms with E-state index in [-0.39, 0.29) is 17.7 Å². The molecular formula is C28H28N4O3S. The molecule has 0 aliphatic heterocycles. The summed E-state index contributed by atoms with van der Waals surface area (Å²) in [6.07, 6.45) is 5.35. The number of hydrogen-bond acceptors (Lipinski definition) is 5. The lowest BCUT2D eigenvalue weighted by atomic mass is 9.89. The van der Waals surface area contributed by atoms with E-state index in [4.69, 9.17) is 4.74 Å². The van der Waals surface area contributed by atoms with Crippen LogP contribution in [0.25, 0.3) is 10.9 Å². The summed E-state index contributed by atoms with van der Waals surface area (Å²) in [6.45, 7) is 0. The molecule has 1 saturated carbocycles. The van der Waals surface area contributed by atoms with E-state index < -0.39 is 0 Å². The minimum atomic E-state index is -0.197. The average Bonchev–Trinajstić information content (AvgIpc) is 3.31. The van der Waals surface area contributed by atoms with Crippen molar-refractivity contribution in [3.8, 4) is 5.75 Å². The highest BCUT2D eigenvalue weighted by Crippen LogP contribution is 2.33. The van der Waals surface area contributed by atoms with E-state index in [1.807, 2.05) is 42.5 Å². The molecule has 184 valence electrons. The Morgan fingerprint density at radius 3 is 2.58 bits per heavy atom. The van der Waals surface area contributed by atoms with Gasteiger partial charge in [-0.05, 0) is 67.4 Å². The Bertz CT molecular complexity index is 1390. The number of aromatic nitrogens is 2. The van der Waals surface area contributed by atoms with Crippen LogP contribution in [0.2, 0.25) is 0 Å². The van der Waals surface area contributed by atoms with Gasteiger partial charge in [0.05, 0.1) is 12.6 Å². The number of rotatable bonds is 7. The quantitative estimate of drug-likeness (QED) is 0.269. The van der Waals surface area contributed by atoms with E-state index in [1.54, 1.807) is 43.1 Å². The average molecular weight is 501 g/mol. The molecule has 7 nitrogen and oxygen atoms in total.